The van der Waals surface area contributed by atoms with Crippen LogP contribution >= 0.6 is 0 Å². The summed E-state index contributed by atoms with van der Waals surface area (Å²) in [6, 6.07) is 4.21. The average molecular weight is 233 g/mol. The lowest BCUT2D eigenvalue weighted by molar-refractivity contribution is -0.133. The fourth-order valence-electron chi connectivity index (χ4n) is 2.02. The molecule has 0 unspecified atom stereocenters. The summed E-state index contributed by atoms with van der Waals surface area (Å²) in [7, 11) is 0. The van der Waals surface area contributed by atoms with Gasteiger partial charge in [0.1, 0.15) is 0 Å². The zero-order chi connectivity index (χ0) is 12.1. The largest absolute Gasteiger partial charge is 0.337 e. The summed E-state index contributed by atoms with van der Waals surface area (Å²) in [6.45, 7) is 4.82. The van der Waals surface area contributed by atoms with Crippen molar-refractivity contribution in [1.82, 2.24) is 15.2 Å². The molecule has 1 aliphatic rings. The molecule has 2 heterocycles. The van der Waals surface area contributed by atoms with Crippen LogP contribution in [0.2, 0.25) is 0 Å². The SMILES string of the molecule is CCCN(C(=O)Cc1cccnc1)C1CNC1. The van der Waals surface area contributed by atoms with E-state index in [4.69, 9.17) is 0 Å². The van der Waals surface area contributed by atoms with Gasteiger partial charge in [0.05, 0.1) is 12.5 Å². The van der Waals surface area contributed by atoms with Gasteiger partial charge in [-0.1, -0.05) is 13.0 Å². The molecular formula is C13H19N3O. The molecule has 1 aromatic rings. The molecule has 0 atom stereocenters. The lowest BCUT2D eigenvalue weighted by Gasteiger charge is -2.38. The molecular weight excluding hydrogens is 214 g/mol. The maximum absolute atomic E-state index is 12.2. The van der Waals surface area contributed by atoms with Crippen molar-refractivity contribution in [3.8, 4) is 0 Å². The molecule has 0 aliphatic carbocycles. The Hall–Kier alpha value is -1.42. The van der Waals surface area contributed by atoms with Crippen molar-refractivity contribution in [2.45, 2.75) is 25.8 Å². The number of nitrogens with one attached hydrogen (secondary N) is 1. The smallest absolute Gasteiger partial charge is 0.227 e. The van der Waals surface area contributed by atoms with E-state index >= 15 is 0 Å². The second-order valence-corrected chi connectivity index (χ2v) is 4.44. The molecule has 4 heteroatoms. The quantitative estimate of drug-likeness (QED) is 0.819. The number of carbonyl (C=O) groups is 1. The number of nitrogens with zero attached hydrogens (tertiary/aromatic N) is 2. The third kappa shape index (κ3) is 3.03. The summed E-state index contributed by atoms with van der Waals surface area (Å²) in [5.74, 6) is 0.214. The molecule has 92 valence electrons. The number of carbonyl (C=O) groups excluding carboxylic acids is 1. The number of rotatable bonds is 5. The fraction of sp³-hybridized carbons (Fsp3) is 0.538. The molecule has 1 aromatic heterocycles. The van der Waals surface area contributed by atoms with Crippen LogP contribution < -0.4 is 5.32 Å². The Morgan fingerprint density at radius 3 is 2.94 bits per heavy atom. The van der Waals surface area contributed by atoms with Gasteiger partial charge in [-0.3, -0.25) is 9.78 Å². The van der Waals surface area contributed by atoms with Crippen molar-refractivity contribution in [1.29, 1.82) is 0 Å². The Bertz CT molecular complexity index is 362. The number of amides is 1. The van der Waals surface area contributed by atoms with Crippen molar-refractivity contribution in [2.24, 2.45) is 0 Å². The summed E-state index contributed by atoms with van der Waals surface area (Å²) in [5.41, 5.74) is 0.992. The zero-order valence-corrected chi connectivity index (χ0v) is 10.2. The highest BCUT2D eigenvalue weighted by Gasteiger charge is 2.27. The summed E-state index contributed by atoms with van der Waals surface area (Å²) < 4.78 is 0. The minimum Gasteiger partial charge on any atom is -0.337 e. The highest BCUT2D eigenvalue weighted by atomic mass is 16.2. The van der Waals surface area contributed by atoms with E-state index in [0.29, 0.717) is 12.5 Å². The van der Waals surface area contributed by atoms with Gasteiger partial charge in [0, 0.05) is 32.0 Å². The van der Waals surface area contributed by atoms with E-state index < -0.39 is 0 Å². The van der Waals surface area contributed by atoms with Crippen molar-refractivity contribution < 1.29 is 4.79 Å². The van der Waals surface area contributed by atoms with Crippen LogP contribution in [0.15, 0.2) is 24.5 Å². The second kappa shape index (κ2) is 5.77. The predicted octanol–water partition coefficient (Wildman–Crippen LogP) is 0.834. The van der Waals surface area contributed by atoms with Gasteiger partial charge >= 0.3 is 0 Å². The Morgan fingerprint density at radius 1 is 1.59 bits per heavy atom. The molecule has 1 fully saturated rings. The topological polar surface area (TPSA) is 45.2 Å². The first kappa shape index (κ1) is 12.0. The molecule has 4 nitrogen and oxygen atoms in total. The van der Waals surface area contributed by atoms with E-state index in [0.717, 1.165) is 31.6 Å². The van der Waals surface area contributed by atoms with Crippen LogP contribution in [-0.2, 0) is 11.2 Å². The van der Waals surface area contributed by atoms with E-state index in [9.17, 15) is 4.79 Å². The molecule has 1 saturated heterocycles. The van der Waals surface area contributed by atoms with Crippen LogP contribution in [0.25, 0.3) is 0 Å². The van der Waals surface area contributed by atoms with Gasteiger partial charge in [0.2, 0.25) is 5.91 Å². The number of aromatic nitrogens is 1. The van der Waals surface area contributed by atoms with Crippen molar-refractivity contribution in [3.63, 3.8) is 0 Å². The number of pyridine rings is 1. The minimum atomic E-state index is 0.214. The zero-order valence-electron chi connectivity index (χ0n) is 10.2. The molecule has 0 saturated carbocycles. The van der Waals surface area contributed by atoms with Gasteiger partial charge in [-0.2, -0.15) is 0 Å². The van der Waals surface area contributed by atoms with Crippen LogP contribution in [0.5, 0.6) is 0 Å². The van der Waals surface area contributed by atoms with Crippen LogP contribution in [0.3, 0.4) is 0 Å². The summed E-state index contributed by atoms with van der Waals surface area (Å²) >= 11 is 0. The Morgan fingerprint density at radius 2 is 2.41 bits per heavy atom. The van der Waals surface area contributed by atoms with Crippen LogP contribution in [0.1, 0.15) is 18.9 Å². The molecule has 1 aliphatic heterocycles. The van der Waals surface area contributed by atoms with Crippen molar-refractivity contribution in [3.05, 3.63) is 30.1 Å². The Balaban J connectivity index is 1.96. The normalized spacial score (nSPS) is 15.4. The third-order valence-electron chi connectivity index (χ3n) is 3.06. The maximum atomic E-state index is 12.2. The minimum absolute atomic E-state index is 0.214. The average Bonchev–Trinajstić information content (AvgIpc) is 2.27. The first-order valence-corrected chi connectivity index (χ1v) is 6.20. The first-order chi connectivity index (χ1) is 8.31. The molecule has 0 bridgehead atoms. The highest BCUT2D eigenvalue weighted by Crippen LogP contribution is 2.09. The standard InChI is InChI=1S/C13H19N3O/c1-2-6-16(12-9-15-10-12)13(17)7-11-4-3-5-14-8-11/h3-5,8,12,15H,2,6-7,9-10H2,1H3. The van der Waals surface area contributed by atoms with Gasteiger partial charge in [-0.25, -0.2) is 0 Å². The van der Waals surface area contributed by atoms with Gasteiger partial charge in [0.15, 0.2) is 0 Å². The molecule has 1 N–H and O–H groups in total. The van der Waals surface area contributed by atoms with Crippen LogP contribution in [0.4, 0.5) is 0 Å². The summed E-state index contributed by atoms with van der Waals surface area (Å²) in [5, 5.41) is 3.21. The van der Waals surface area contributed by atoms with Gasteiger partial charge in [-0.15, -0.1) is 0 Å². The monoisotopic (exact) mass is 233 g/mol. The molecule has 2 rings (SSSR count). The van der Waals surface area contributed by atoms with Crippen LogP contribution in [0, 0.1) is 0 Å². The molecule has 1 amide bonds. The maximum Gasteiger partial charge on any atom is 0.227 e. The summed E-state index contributed by atoms with van der Waals surface area (Å²) in [4.78, 5) is 18.2. The predicted molar refractivity (Wildman–Crippen MR) is 66.6 cm³/mol. The summed E-state index contributed by atoms with van der Waals surface area (Å²) in [6.07, 6.45) is 4.97. The number of hydrogen-bond donors (Lipinski definition) is 1. The number of hydrogen-bond acceptors (Lipinski definition) is 3. The van der Waals surface area contributed by atoms with Crippen molar-refractivity contribution in [2.75, 3.05) is 19.6 Å². The van der Waals surface area contributed by atoms with Gasteiger partial charge < -0.3 is 10.2 Å². The molecule has 0 radical (unpaired) electrons. The van der Waals surface area contributed by atoms with Crippen LogP contribution in [-0.4, -0.2) is 41.5 Å². The van der Waals surface area contributed by atoms with E-state index in [1.807, 2.05) is 17.0 Å². The molecule has 17 heavy (non-hydrogen) atoms. The molecule has 0 aromatic carbocycles. The highest BCUT2D eigenvalue weighted by molar-refractivity contribution is 5.79. The van der Waals surface area contributed by atoms with E-state index in [-0.39, 0.29) is 5.91 Å². The molecule has 0 spiro atoms. The first-order valence-electron chi connectivity index (χ1n) is 6.20. The van der Waals surface area contributed by atoms with E-state index in [1.54, 1.807) is 12.4 Å². The lowest BCUT2D eigenvalue weighted by atomic mass is 10.1. The van der Waals surface area contributed by atoms with Gasteiger partial charge in [0.25, 0.3) is 0 Å². The second-order valence-electron chi connectivity index (χ2n) is 4.44. The van der Waals surface area contributed by atoms with E-state index in [2.05, 4.69) is 17.2 Å². The Labute approximate surface area is 102 Å². The third-order valence-corrected chi connectivity index (χ3v) is 3.06. The van der Waals surface area contributed by atoms with E-state index in [1.165, 1.54) is 0 Å². The Kier molecular flexibility index (Phi) is 4.09. The fourth-order valence-corrected chi connectivity index (χ4v) is 2.02. The lowest BCUT2D eigenvalue weighted by Crippen LogP contribution is -2.59. The van der Waals surface area contributed by atoms with Gasteiger partial charge in [-0.05, 0) is 18.1 Å². The van der Waals surface area contributed by atoms with Crippen molar-refractivity contribution >= 4 is 5.91 Å².